The first-order valence-electron chi connectivity index (χ1n) is 3.40. The molecule has 1 amide bonds. The zero-order valence-corrected chi connectivity index (χ0v) is 6.81. The molecule has 0 aromatic rings. The maximum atomic E-state index is 10.1. The van der Waals surface area contributed by atoms with Crippen molar-refractivity contribution in [1.82, 2.24) is 0 Å². The summed E-state index contributed by atoms with van der Waals surface area (Å²) < 4.78 is 0. The molecule has 0 unspecified atom stereocenters. The number of rotatable bonds is 3. The van der Waals surface area contributed by atoms with Crippen LogP contribution in [0.1, 0.15) is 33.6 Å². The highest BCUT2D eigenvalue weighted by atomic mass is 16.1. The molecule has 0 aliphatic rings. The Kier molecular flexibility index (Phi) is 9.67. The second-order valence-corrected chi connectivity index (χ2v) is 1.67. The molecule has 0 heterocycles. The maximum absolute atomic E-state index is 10.1. The van der Waals surface area contributed by atoms with Crippen LogP contribution in [0, 0.1) is 0 Å². The Morgan fingerprint density at radius 2 is 1.60 bits per heavy atom. The Morgan fingerprint density at radius 3 is 1.70 bits per heavy atom. The highest BCUT2D eigenvalue weighted by molar-refractivity contribution is 5.82. The minimum Gasteiger partial charge on any atom is -0.370 e. The van der Waals surface area contributed by atoms with Gasteiger partial charge in [0.15, 0.2) is 0 Å². The fourth-order valence-corrected chi connectivity index (χ4v) is 0.299. The normalized spacial score (nSPS) is 7.50. The molecule has 0 bridgehead atoms. The highest BCUT2D eigenvalue weighted by Crippen LogP contribution is 1.86. The quantitative estimate of drug-likeness (QED) is 0.640. The molecule has 0 rings (SSSR count). The smallest absolute Gasteiger partial charge is 0.217 e. The van der Waals surface area contributed by atoms with Crippen molar-refractivity contribution < 1.29 is 9.59 Å². The number of amides is 1. The molecular weight excluding hydrogens is 130 g/mol. The van der Waals surface area contributed by atoms with E-state index in [-0.39, 0.29) is 18.6 Å². The molecule has 3 nitrogen and oxygen atoms in total. The lowest BCUT2D eigenvalue weighted by Crippen LogP contribution is -2.11. The third-order valence-electron chi connectivity index (χ3n) is 0.723. The van der Waals surface area contributed by atoms with Crippen LogP contribution in [0.5, 0.6) is 0 Å². The first-order valence-corrected chi connectivity index (χ1v) is 3.40. The van der Waals surface area contributed by atoms with Crippen LogP contribution in [0.25, 0.3) is 0 Å². The van der Waals surface area contributed by atoms with Gasteiger partial charge in [0.25, 0.3) is 0 Å². The Balaban J connectivity index is 0. The number of carbonyl (C=O) groups is 2. The minimum absolute atomic E-state index is 0.00352. The Morgan fingerprint density at radius 1 is 1.20 bits per heavy atom. The molecule has 2 N–H and O–H groups in total. The van der Waals surface area contributed by atoms with Gasteiger partial charge in [0.05, 0.1) is 0 Å². The van der Waals surface area contributed by atoms with Crippen LogP contribution in [-0.2, 0) is 9.59 Å². The Bertz CT molecular complexity index is 96.2. The van der Waals surface area contributed by atoms with E-state index in [1.807, 2.05) is 13.8 Å². The molecule has 0 atom stereocenters. The van der Waals surface area contributed by atoms with Gasteiger partial charge in [-0.1, -0.05) is 13.8 Å². The lowest BCUT2D eigenvalue weighted by Gasteiger charge is -1.87. The summed E-state index contributed by atoms with van der Waals surface area (Å²) in [7, 11) is 0. The van der Waals surface area contributed by atoms with Crippen molar-refractivity contribution in [2.45, 2.75) is 33.6 Å². The van der Waals surface area contributed by atoms with Gasteiger partial charge in [-0.2, -0.15) is 0 Å². The molecule has 0 aromatic heterocycles. The van der Waals surface area contributed by atoms with Crippen LogP contribution in [-0.4, -0.2) is 11.7 Å². The summed E-state index contributed by atoms with van der Waals surface area (Å²) in [6.45, 7) is 5.43. The number of Topliss-reactive ketones (excluding diaryl/α,β-unsaturated/α-hetero) is 1. The molecule has 0 spiro atoms. The summed E-state index contributed by atoms with van der Waals surface area (Å²) in [4.78, 5) is 20.1. The van der Waals surface area contributed by atoms with E-state index in [1.165, 1.54) is 6.92 Å². The van der Waals surface area contributed by atoms with Crippen molar-refractivity contribution in [1.29, 1.82) is 0 Å². The number of primary amides is 1. The van der Waals surface area contributed by atoms with Crippen molar-refractivity contribution in [3.63, 3.8) is 0 Å². The zero-order chi connectivity index (χ0) is 8.57. The summed E-state index contributed by atoms with van der Waals surface area (Å²) in [5, 5.41) is 0. The van der Waals surface area contributed by atoms with Crippen LogP contribution in [0.2, 0.25) is 0 Å². The summed E-state index contributed by atoms with van der Waals surface area (Å²) >= 11 is 0. The van der Waals surface area contributed by atoms with Crippen LogP contribution in [0.15, 0.2) is 0 Å². The van der Waals surface area contributed by atoms with Crippen molar-refractivity contribution >= 4 is 11.7 Å². The van der Waals surface area contributed by atoms with E-state index in [1.54, 1.807) is 0 Å². The van der Waals surface area contributed by atoms with E-state index in [0.717, 1.165) is 0 Å². The van der Waals surface area contributed by atoms with Gasteiger partial charge in [0.1, 0.15) is 5.78 Å². The van der Waals surface area contributed by atoms with Gasteiger partial charge >= 0.3 is 0 Å². The van der Waals surface area contributed by atoms with Gasteiger partial charge in [0.2, 0.25) is 5.91 Å². The van der Waals surface area contributed by atoms with Crippen molar-refractivity contribution in [2.24, 2.45) is 5.73 Å². The van der Waals surface area contributed by atoms with E-state index in [4.69, 9.17) is 5.73 Å². The number of nitrogens with two attached hydrogens (primary N) is 1. The third-order valence-corrected chi connectivity index (χ3v) is 0.723. The second kappa shape index (κ2) is 8.14. The van der Waals surface area contributed by atoms with Gasteiger partial charge in [-0.05, 0) is 6.92 Å². The summed E-state index contributed by atoms with van der Waals surface area (Å²) in [5.74, 6) is -0.413. The van der Waals surface area contributed by atoms with E-state index < -0.39 is 5.91 Å². The van der Waals surface area contributed by atoms with E-state index in [0.29, 0.717) is 0 Å². The first kappa shape index (κ1) is 11.9. The van der Waals surface area contributed by atoms with Gasteiger partial charge < -0.3 is 10.5 Å². The Hall–Kier alpha value is -0.860. The summed E-state index contributed by atoms with van der Waals surface area (Å²) in [5.41, 5.74) is 4.75. The molecule has 0 fully saturated rings. The van der Waals surface area contributed by atoms with Crippen molar-refractivity contribution in [2.75, 3.05) is 0 Å². The van der Waals surface area contributed by atoms with Crippen LogP contribution in [0.4, 0.5) is 0 Å². The SMILES string of the molecule is CC.CC(=O)CCC(N)=O. The first-order chi connectivity index (χ1) is 4.63. The topological polar surface area (TPSA) is 60.2 Å². The number of ketones is 1. The minimum atomic E-state index is -0.416. The fraction of sp³-hybridized carbons (Fsp3) is 0.714. The molecule has 0 aromatic carbocycles. The summed E-state index contributed by atoms with van der Waals surface area (Å²) in [6, 6.07) is 0. The molecule has 0 aliphatic heterocycles. The predicted molar refractivity (Wildman–Crippen MR) is 40.5 cm³/mol. The average molecular weight is 145 g/mol. The average Bonchev–Trinajstić information content (AvgIpc) is 1.89. The molecule has 0 saturated carbocycles. The molecule has 60 valence electrons. The molecular formula is C7H15NO2. The largest absolute Gasteiger partial charge is 0.370 e. The summed E-state index contributed by atoms with van der Waals surface area (Å²) in [6.07, 6.45) is 0.449. The van der Waals surface area contributed by atoms with Gasteiger partial charge in [-0.3, -0.25) is 4.79 Å². The fourth-order valence-electron chi connectivity index (χ4n) is 0.299. The molecule has 0 saturated heterocycles. The van der Waals surface area contributed by atoms with Crippen molar-refractivity contribution in [3.05, 3.63) is 0 Å². The monoisotopic (exact) mass is 145 g/mol. The van der Waals surface area contributed by atoms with Crippen LogP contribution >= 0.6 is 0 Å². The number of carbonyl (C=O) groups excluding carboxylic acids is 2. The maximum Gasteiger partial charge on any atom is 0.217 e. The van der Waals surface area contributed by atoms with Gasteiger partial charge in [-0.25, -0.2) is 0 Å². The van der Waals surface area contributed by atoms with Gasteiger partial charge in [-0.15, -0.1) is 0 Å². The zero-order valence-electron chi connectivity index (χ0n) is 6.81. The molecule has 0 radical (unpaired) electrons. The van der Waals surface area contributed by atoms with E-state index >= 15 is 0 Å². The molecule has 0 aliphatic carbocycles. The predicted octanol–water partition coefficient (Wildman–Crippen LogP) is 0.867. The number of hydrogen-bond acceptors (Lipinski definition) is 2. The second-order valence-electron chi connectivity index (χ2n) is 1.67. The van der Waals surface area contributed by atoms with Crippen molar-refractivity contribution in [3.8, 4) is 0 Å². The molecule has 3 heteroatoms. The number of hydrogen-bond donors (Lipinski definition) is 1. The lowest BCUT2D eigenvalue weighted by atomic mass is 10.2. The van der Waals surface area contributed by atoms with Gasteiger partial charge in [0, 0.05) is 12.8 Å². The highest BCUT2D eigenvalue weighted by Gasteiger charge is 1.95. The van der Waals surface area contributed by atoms with E-state index in [9.17, 15) is 9.59 Å². The van der Waals surface area contributed by atoms with Crippen LogP contribution in [0.3, 0.4) is 0 Å². The molecule has 10 heavy (non-hydrogen) atoms. The Labute approximate surface area is 61.6 Å². The standard InChI is InChI=1S/C5H9NO2.C2H6/c1-4(7)2-3-5(6)8;1-2/h2-3H2,1H3,(H2,6,8);1-2H3. The third kappa shape index (κ3) is 15.7. The van der Waals surface area contributed by atoms with E-state index in [2.05, 4.69) is 0 Å². The lowest BCUT2D eigenvalue weighted by molar-refractivity contribution is -0.122. The van der Waals surface area contributed by atoms with Crippen LogP contribution < -0.4 is 5.73 Å².